The first-order valence-corrected chi connectivity index (χ1v) is 8.94. The number of ether oxygens (including phenoxy) is 1. The van der Waals surface area contributed by atoms with Crippen molar-refractivity contribution in [3.05, 3.63) is 16.8 Å². The Morgan fingerprint density at radius 3 is 3.19 bits per heavy atom. The molecule has 0 bridgehead atoms. The van der Waals surface area contributed by atoms with Crippen molar-refractivity contribution in [1.82, 2.24) is 9.97 Å². The smallest absolute Gasteiger partial charge is 0.306 e. The number of esters is 1. The van der Waals surface area contributed by atoms with Crippen molar-refractivity contribution in [1.29, 1.82) is 0 Å². The Kier molecular flexibility index (Phi) is 4.45. The molecule has 0 saturated heterocycles. The highest BCUT2D eigenvalue weighted by atomic mass is 32.2. The number of aromatic nitrogens is 2. The fraction of sp³-hybridized carbons (Fsp3) is 0.533. The third kappa shape index (κ3) is 3.06. The second kappa shape index (κ2) is 6.32. The van der Waals surface area contributed by atoms with Crippen LogP contribution >= 0.6 is 23.1 Å². The van der Waals surface area contributed by atoms with Gasteiger partial charge in [-0.15, -0.1) is 23.1 Å². The van der Waals surface area contributed by atoms with E-state index in [9.17, 15) is 4.79 Å². The van der Waals surface area contributed by atoms with Gasteiger partial charge in [0.2, 0.25) is 0 Å². The number of hydrogen-bond acceptors (Lipinski definition) is 6. The highest BCUT2D eigenvalue weighted by molar-refractivity contribution is 7.99. The molecule has 0 N–H and O–H groups in total. The molecule has 0 radical (unpaired) electrons. The van der Waals surface area contributed by atoms with Crippen LogP contribution in [0.15, 0.2) is 11.4 Å². The molecule has 0 amide bonds. The third-order valence-corrected chi connectivity index (χ3v) is 5.98. The summed E-state index contributed by atoms with van der Waals surface area (Å²) in [5, 5.41) is 2.23. The number of aryl methyl sites for hydroxylation is 1. The summed E-state index contributed by atoms with van der Waals surface area (Å²) in [6.45, 7) is 2.31. The summed E-state index contributed by atoms with van der Waals surface area (Å²) < 4.78 is 4.68. The Bertz CT molecular complexity index is 669. The van der Waals surface area contributed by atoms with E-state index in [1.54, 1.807) is 29.4 Å². The van der Waals surface area contributed by atoms with Gasteiger partial charge in [0.05, 0.1) is 13.5 Å². The van der Waals surface area contributed by atoms with Crippen molar-refractivity contribution in [3.63, 3.8) is 0 Å². The first-order chi connectivity index (χ1) is 10.2. The minimum Gasteiger partial charge on any atom is -0.469 e. The minimum atomic E-state index is -0.172. The van der Waals surface area contributed by atoms with Gasteiger partial charge in [0, 0.05) is 16.0 Å². The Hall–Kier alpha value is -1.14. The number of thioether (sulfide) groups is 1. The lowest BCUT2D eigenvalue weighted by molar-refractivity contribution is -0.140. The first-order valence-electron chi connectivity index (χ1n) is 7.14. The molecule has 1 unspecified atom stereocenters. The minimum absolute atomic E-state index is 0.172. The van der Waals surface area contributed by atoms with Crippen molar-refractivity contribution in [2.24, 2.45) is 5.92 Å². The molecule has 112 valence electrons. The summed E-state index contributed by atoms with van der Waals surface area (Å²) in [5.41, 5.74) is 1.44. The van der Waals surface area contributed by atoms with Crippen LogP contribution in [-0.4, -0.2) is 28.8 Å². The second-order valence-corrected chi connectivity index (χ2v) is 7.55. The molecular weight excluding hydrogens is 304 g/mol. The zero-order valence-corrected chi connectivity index (χ0v) is 13.9. The van der Waals surface area contributed by atoms with Crippen molar-refractivity contribution in [2.75, 3.05) is 12.9 Å². The molecule has 3 rings (SSSR count). The first kappa shape index (κ1) is 14.8. The topological polar surface area (TPSA) is 52.1 Å². The van der Waals surface area contributed by atoms with Gasteiger partial charge in [0.25, 0.3) is 0 Å². The maximum absolute atomic E-state index is 11.2. The Morgan fingerprint density at radius 2 is 2.38 bits per heavy atom. The second-order valence-electron chi connectivity index (χ2n) is 5.39. The van der Waals surface area contributed by atoms with Crippen LogP contribution in [-0.2, 0) is 22.4 Å². The maximum atomic E-state index is 11.2. The lowest BCUT2D eigenvalue weighted by Crippen LogP contribution is -2.08. The third-order valence-electron chi connectivity index (χ3n) is 3.83. The van der Waals surface area contributed by atoms with E-state index in [1.165, 1.54) is 29.4 Å². The molecule has 6 heteroatoms. The summed E-state index contributed by atoms with van der Waals surface area (Å²) in [6.07, 6.45) is 5.56. The lowest BCUT2D eigenvalue weighted by Gasteiger charge is -2.18. The van der Waals surface area contributed by atoms with Crippen LogP contribution < -0.4 is 0 Å². The normalized spacial score (nSPS) is 17.7. The number of nitrogens with zero attached hydrogens (tertiary/aromatic N) is 2. The van der Waals surface area contributed by atoms with Crippen LogP contribution in [0.25, 0.3) is 10.2 Å². The zero-order chi connectivity index (χ0) is 14.8. The van der Waals surface area contributed by atoms with Gasteiger partial charge in [-0.3, -0.25) is 4.79 Å². The van der Waals surface area contributed by atoms with E-state index in [0.29, 0.717) is 12.2 Å². The molecule has 0 spiro atoms. The zero-order valence-electron chi connectivity index (χ0n) is 12.2. The van der Waals surface area contributed by atoms with Crippen molar-refractivity contribution in [3.8, 4) is 0 Å². The Morgan fingerprint density at radius 1 is 1.52 bits per heavy atom. The van der Waals surface area contributed by atoms with Gasteiger partial charge in [0.15, 0.2) is 0 Å². The number of fused-ring (bicyclic) bond motifs is 3. The van der Waals surface area contributed by atoms with Crippen LogP contribution in [0.4, 0.5) is 0 Å². The Labute approximate surface area is 132 Å². The Balaban J connectivity index is 1.87. The van der Waals surface area contributed by atoms with E-state index in [-0.39, 0.29) is 5.97 Å². The predicted molar refractivity (Wildman–Crippen MR) is 86.0 cm³/mol. The van der Waals surface area contributed by atoms with Crippen LogP contribution in [0.2, 0.25) is 0 Å². The summed E-state index contributed by atoms with van der Waals surface area (Å²) in [6, 6.07) is 0. The summed E-state index contributed by atoms with van der Waals surface area (Å²) in [5.74, 6) is 1.28. The van der Waals surface area contributed by atoms with Crippen LogP contribution in [0.5, 0.6) is 0 Å². The van der Waals surface area contributed by atoms with Gasteiger partial charge in [-0.25, -0.2) is 9.97 Å². The molecule has 21 heavy (non-hydrogen) atoms. The summed E-state index contributed by atoms with van der Waals surface area (Å²) >= 11 is 3.43. The SMILES string of the molecule is COC(=O)CCSc1ncnc2sc3c(c12)CCC(C)C3. The summed E-state index contributed by atoms with van der Waals surface area (Å²) in [7, 11) is 1.42. The predicted octanol–water partition coefficient (Wildman–Crippen LogP) is 3.47. The molecule has 0 saturated carbocycles. The van der Waals surface area contributed by atoms with E-state index in [1.807, 2.05) is 0 Å². The average Bonchev–Trinajstić information content (AvgIpc) is 2.85. The lowest BCUT2D eigenvalue weighted by atomic mass is 9.89. The van der Waals surface area contributed by atoms with Crippen LogP contribution in [0, 0.1) is 5.92 Å². The molecule has 4 nitrogen and oxygen atoms in total. The fourth-order valence-electron chi connectivity index (χ4n) is 2.69. The van der Waals surface area contributed by atoms with Crippen LogP contribution in [0.1, 0.15) is 30.2 Å². The van der Waals surface area contributed by atoms with Gasteiger partial charge in [-0.2, -0.15) is 0 Å². The highest BCUT2D eigenvalue weighted by Crippen LogP contribution is 2.40. The van der Waals surface area contributed by atoms with Gasteiger partial charge < -0.3 is 4.74 Å². The maximum Gasteiger partial charge on any atom is 0.306 e. The van der Waals surface area contributed by atoms with Gasteiger partial charge >= 0.3 is 5.97 Å². The number of rotatable bonds is 4. The molecular formula is C15H18N2O2S2. The van der Waals surface area contributed by atoms with E-state index in [4.69, 9.17) is 0 Å². The standard InChI is InChI=1S/C15H18N2O2S2/c1-9-3-4-10-11(7-9)21-15-13(10)14(16-8-17-15)20-6-5-12(18)19-2/h8-9H,3-7H2,1-2H3. The largest absolute Gasteiger partial charge is 0.469 e. The molecule has 0 aliphatic heterocycles. The fourth-order valence-corrected chi connectivity index (χ4v) is 5.05. The molecule has 2 aromatic rings. The van der Waals surface area contributed by atoms with Crippen molar-refractivity contribution < 1.29 is 9.53 Å². The van der Waals surface area contributed by atoms with Crippen molar-refractivity contribution >= 4 is 39.3 Å². The molecule has 0 aromatic carbocycles. The van der Waals surface area contributed by atoms with E-state index < -0.39 is 0 Å². The molecule has 2 aromatic heterocycles. The van der Waals surface area contributed by atoms with Crippen molar-refractivity contribution in [2.45, 2.75) is 37.6 Å². The molecule has 1 aliphatic carbocycles. The van der Waals surface area contributed by atoms with E-state index in [0.717, 1.165) is 28.6 Å². The number of carbonyl (C=O) groups is 1. The molecule has 1 atom stereocenters. The number of carbonyl (C=O) groups excluding carboxylic acids is 1. The average molecular weight is 322 g/mol. The highest BCUT2D eigenvalue weighted by Gasteiger charge is 2.23. The monoisotopic (exact) mass is 322 g/mol. The van der Waals surface area contributed by atoms with Gasteiger partial charge in [-0.1, -0.05) is 6.92 Å². The number of hydrogen-bond donors (Lipinski definition) is 0. The summed E-state index contributed by atoms with van der Waals surface area (Å²) in [4.78, 5) is 22.6. The van der Waals surface area contributed by atoms with Gasteiger partial charge in [0.1, 0.15) is 16.2 Å². The molecule has 2 heterocycles. The number of methoxy groups -OCH3 is 1. The van der Waals surface area contributed by atoms with Crippen LogP contribution in [0.3, 0.4) is 0 Å². The quantitative estimate of drug-likeness (QED) is 0.490. The molecule has 1 aliphatic rings. The molecule has 0 fully saturated rings. The van der Waals surface area contributed by atoms with E-state index >= 15 is 0 Å². The number of thiophene rings is 1. The van der Waals surface area contributed by atoms with E-state index in [2.05, 4.69) is 21.6 Å². The van der Waals surface area contributed by atoms with Gasteiger partial charge in [-0.05, 0) is 30.7 Å².